The van der Waals surface area contributed by atoms with Crippen molar-refractivity contribution in [2.24, 2.45) is 7.05 Å². The molecule has 0 aliphatic carbocycles. The van der Waals surface area contributed by atoms with Gasteiger partial charge in [-0.3, -0.25) is 9.48 Å². The summed E-state index contributed by atoms with van der Waals surface area (Å²) in [7, 11) is 1.91. The first kappa shape index (κ1) is 19.4. The molecule has 0 aromatic carbocycles. The molecule has 1 aliphatic heterocycles. The molecule has 0 bridgehead atoms. The van der Waals surface area contributed by atoms with Gasteiger partial charge < -0.3 is 10.2 Å². The van der Waals surface area contributed by atoms with Crippen molar-refractivity contribution >= 4 is 17.4 Å². The minimum atomic E-state index is -0.263. The third-order valence-electron chi connectivity index (χ3n) is 5.78. The molecule has 27 heavy (non-hydrogen) atoms. The van der Waals surface area contributed by atoms with Gasteiger partial charge in [0.1, 0.15) is 5.82 Å². The van der Waals surface area contributed by atoms with Gasteiger partial charge in [0.05, 0.1) is 23.5 Å². The van der Waals surface area contributed by atoms with Crippen LogP contribution in [0.15, 0.2) is 12.3 Å². The summed E-state index contributed by atoms with van der Waals surface area (Å²) in [6, 6.07) is 2.54. The third kappa shape index (κ3) is 3.84. The molecule has 6 nitrogen and oxygen atoms in total. The molecule has 0 unspecified atom stereocenters. The second kappa shape index (κ2) is 7.71. The number of carbonyl (C=O) groups is 1. The molecule has 0 radical (unpaired) electrons. The average molecular weight is 370 g/mol. The lowest BCUT2D eigenvalue weighted by Crippen LogP contribution is -2.38. The highest BCUT2D eigenvalue weighted by atomic mass is 16.1. The lowest BCUT2D eigenvalue weighted by Gasteiger charge is -2.35. The molecule has 1 saturated heterocycles. The van der Waals surface area contributed by atoms with Crippen molar-refractivity contribution < 1.29 is 4.79 Å². The Labute approximate surface area is 162 Å². The molecule has 1 amide bonds. The maximum atomic E-state index is 12.8. The maximum Gasteiger partial charge on any atom is 0.231 e. The summed E-state index contributed by atoms with van der Waals surface area (Å²) in [6.45, 7) is 11.3. The number of aromatic nitrogens is 3. The highest BCUT2D eigenvalue weighted by molar-refractivity contribution is 5.96. The fraction of sp³-hybridized carbons (Fsp3) is 0.571. The van der Waals surface area contributed by atoms with Gasteiger partial charge >= 0.3 is 0 Å². The van der Waals surface area contributed by atoms with Gasteiger partial charge in [0.2, 0.25) is 5.91 Å². The first-order chi connectivity index (χ1) is 12.8. The molecule has 146 valence electrons. The Kier molecular flexibility index (Phi) is 5.53. The summed E-state index contributed by atoms with van der Waals surface area (Å²) in [6.07, 6.45) is 5.49. The van der Waals surface area contributed by atoms with Crippen LogP contribution in [0.25, 0.3) is 0 Å². The molecule has 0 saturated carbocycles. The molecule has 2 aromatic heterocycles. The highest BCUT2D eigenvalue weighted by Gasteiger charge is 2.24. The zero-order valence-electron chi connectivity index (χ0n) is 17.3. The van der Waals surface area contributed by atoms with Crippen molar-refractivity contribution in [3.05, 3.63) is 34.8 Å². The molecule has 0 spiro atoms. The van der Waals surface area contributed by atoms with E-state index < -0.39 is 0 Å². The van der Waals surface area contributed by atoms with Crippen molar-refractivity contribution in [3.8, 4) is 0 Å². The Morgan fingerprint density at radius 2 is 2.04 bits per heavy atom. The maximum absolute atomic E-state index is 12.8. The summed E-state index contributed by atoms with van der Waals surface area (Å²) in [5.41, 5.74) is 4.78. The van der Waals surface area contributed by atoms with Crippen LogP contribution in [-0.2, 0) is 11.8 Å². The zero-order chi connectivity index (χ0) is 19.7. The summed E-state index contributed by atoms with van der Waals surface area (Å²) >= 11 is 0. The van der Waals surface area contributed by atoms with E-state index in [1.54, 1.807) is 6.20 Å². The van der Waals surface area contributed by atoms with E-state index in [0.29, 0.717) is 6.04 Å². The number of piperidine rings is 1. The van der Waals surface area contributed by atoms with Crippen molar-refractivity contribution in [3.63, 3.8) is 0 Å². The summed E-state index contributed by atoms with van der Waals surface area (Å²) in [4.78, 5) is 19.8. The number of pyridine rings is 1. The number of rotatable bonds is 4. The largest absolute Gasteiger partial charge is 0.354 e. The van der Waals surface area contributed by atoms with Gasteiger partial charge in [-0.25, -0.2) is 4.98 Å². The molecule has 1 N–H and O–H groups in total. The van der Waals surface area contributed by atoms with Gasteiger partial charge in [0, 0.05) is 30.9 Å². The topological polar surface area (TPSA) is 63.1 Å². The standard InChI is InChI=1S/C21H31N5O/c1-13-11-18(12-22-20(13)26-10-8-7-9-14(26)2)23-21(27)15(3)19-16(4)24-25(6)17(19)5/h11-12,14-15H,7-10H2,1-6H3,(H,23,27)/t14-,15+/m1/s1. The van der Waals surface area contributed by atoms with Crippen molar-refractivity contribution in [2.75, 3.05) is 16.8 Å². The van der Waals surface area contributed by atoms with Gasteiger partial charge in [-0.1, -0.05) is 0 Å². The van der Waals surface area contributed by atoms with Crippen LogP contribution >= 0.6 is 0 Å². The Morgan fingerprint density at radius 1 is 1.30 bits per heavy atom. The number of carbonyl (C=O) groups excluding carboxylic acids is 1. The average Bonchev–Trinajstić information content (AvgIpc) is 2.87. The molecule has 6 heteroatoms. The van der Waals surface area contributed by atoms with E-state index in [9.17, 15) is 4.79 Å². The molecule has 1 fully saturated rings. The Bertz CT molecular complexity index is 841. The first-order valence-electron chi connectivity index (χ1n) is 9.83. The van der Waals surface area contributed by atoms with Crippen LogP contribution in [0.3, 0.4) is 0 Å². The van der Waals surface area contributed by atoms with E-state index in [2.05, 4.69) is 34.1 Å². The fourth-order valence-electron chi connectivity index (χ4n) is 4.15. The Balaban J connectivity index is 1.75. The summed E-state index contributed by atoms with van der Waals surface area (Å²) < 4.78 is 1.83. The first-order valence-corrected chi connectivity index (χ1v) is 9.83. The predicted molar refractivity (Wildman–Crippen MR) is 109 cm³/mol. The number of hydrogen-bond donors (Lipinski definition) is 1. The van der Waals surface area contributed by atoms with Crippen LogP contribution in [-0.4, -0.2) is 33.3 Å². The molecule has 2 aromatic rings. The van der Waals surface area contributed by atoms with E-state index >= 15 is 0 Å². The number of amides is 1. The third-order valence-corrected chi connectivity index (χ3v) is 5.78. The second-order valence-electron chi connectivity index (χ2n) is 7.82. The number of anilines is 2. The Hall–Kier alpha value is -2.37. The lowest BCUT2D eigenvalue weighted by molar-refractivity contribution is -0.117. The van der Waals surface area contributed by atoms with Gasteiger partial charge in [-0.2, -0.15) is 5.10 Å². The van der Waals surface area contributed by atoms with E-state index in [4.69, 9.17) is 0 Å². The number of nitrogens with one attached hydrogen (secondary N) is 1. The van der Waals surface area contributed by atoms with Crippen LogP contribution in [0.1, 0.15) is 61.5 Å². The van der Waals surface area contributed by atoms with Gasteiger partial charge in [-0.15, -0.1) is 0 Å². The van der Waals surface area contributed by atoms with Crippen molar-refractivity contribution in [1.82, 2.24) is 14.8 Å². The number of nitrogens with zero attached hydrogens (tertiary/aromatic N) is 4. The highest BCUT2D eigenvalue weighted by Crippen LogP contribution is 2.28. The SMILES string of the molecule is Cc1cc(NC(=O)[C@@H](C)c2c(C)nn(C)c2C)cnc1N1CCCC[C@H]1C. The number of aryl methyl sites for hydroxylation is 3. The minimum Gasteiger partial charge on any atom is -0.354 e. The smallest absolute Gasteiger partial charge is 0.231 e. The van der Waals surface area contributed by atoms with Gasteiger partial charge in [0.15, 0.2) is 0 Å². The lowest BCUT2D eigenvalue weighted by atomic mass is 9.98. The normalized spacial score (nSPS) is 18.4. The summed E-state index contributed by atoms with van der Waals surface area (Å²) in [5, 5.41) is 7.45. The molecule has 3 heterocycles. The predicted octanol–water partition coefficient (Wildman–Crippen LogP) is 3.86. The molecular formula is C21H31N5O. The van der Waals surface area contributed by atoms with Gasteiger partial charge in [0.25, 0.3) is 0 Å². The van der Waals surface area contributed by atoms with Crippen molar-refractivity contribution in [2.45, 2.75) is 65.8 Å². The van der Waals surface area contributed by atoms with Crippen molar-refractivity contribution in [1.29, 1.82) is 0 Å². The zero-order valence-corrected chi connectivity index (χ0v) is 17.3. The van der Waals surface area contributed by atoms with Crippen LogP contribution in [0, 0.1) is 20.8 Å². The fourth-order valence-corrected chi connectivity index (χ4v) is 4.15. The van der Waals surface area contributed by atoms with Gasteiger partial charge in [-0.05, 0) is 65.5 Å². The van der Waals surface area contributed by atoms with Crippen LogP contribution in [0.5, 0.6) is 0 Å². The van der Waals surface area contributed by atoms with Crippen LogP contribution in [0.2, 0.25) is 0 Å². The van der Waals surface area contributed by atoms with E-state index in [-0.39, 0.29) is 11.8 Å². The number of hydrogen-bond acceptors (Lipinski definition) is 4. The van der Waals surface area contributed by atoms with E-state index in [1.807, 2.05) is 38.6 Å². The summed E-state index contributed by atoms with van der Waals surface area (Å²) in [5.74, 6) is 0.738. The molecular weight excluding hydrogens is 338 g/mol. The van der Waals surface area contributed by atoms with E-state index in [1.165, 1.54) is 19.3 Å². The second-order valence-corrected chi connectivity index (χ2v) is 7.82. The minimum absolute atomic E-state index is 0.0329. The molecule has 2 atom stereocenters. The van der Waals surface area contributed by atoms with Crippen LogP contribution in [0.4, 0.5) is 11.5 Å². The Morgan fingerprint density at radius 3 is 2.63 bits per heavy atom. The molecule has 1 aliphatic rings. The molecule has 3 rings (SSSR count). The van der Waals surface area contributed by atoms with E-state index in [0.717, 1.165) is 40.6 Å². The van der Waals surface area contributed by atoms with Crippen LogP contribution < -0.4 is 10.2 Å². The monoisotopic (exact) mass is 369 g/mol. The quantitative estimate of drug-likeness (QED) is 0.889.